The molecule has 0 saturated heterocycles. The molecule has 0 fully saturated rings. The predicted octanol–water partition coefficient (Wildman–Crippen LogP) is 3.45. The van der Waals surface area contributed by atoms with Crippen molar-refractivity contribution in [2.75, 3.05) is 7.05 Å². The van der Waals surface area contributed by atoms with Gasteiger partial charge < -0.3 is 10.0 Å². The molecule has 23 heavy (non-hydrogen) atoms. The van der Waals surface area contributed by atoms with Gasteiger partial charge in [0.2, 0.25) is 0 Å². The highest BCUT2D eigenvalue weighted by Gasteiger charge is 2.38. The van der Waals surface area contributed by atoms with Crippen LogP contribution in [0.3, 0.4) is 0 Å². The minimum atomic E-state index is -5.08. The normalized spacial score (nSPS) is 13.6. The summed E-state index contributed by atoms with van der Waals surface area (Å²) in [7, 11) is 1.54. The van der Waals surface area contributed by atoms with Crippen molar-refractivity contribution in [2.45, 2.75) is 38.6 Å². The van der Waals surface area contributed by atoms with Crippen LogP contribution in [0.5, 0.6) is 0 Å². The molecule has 0 radical (unpaired) electrons. The number of thiazole rings is 1. The molecular formula is C12H15ClF4N2O3S. The van der Waals surface area contributed by atoms with Crippen LogP contribution in [0.4, 0.5) is 17.6 Å². The summed E-state index contributed by atoms with van der Waals surface area (Å²) in [6.07, 6.45) is -5.08. The van der Waals surface area contributed by atoms with Crippen LogP contribution in [0.1, 0.15) is 28.5 Å². The van der Waals surface area contributed by atoms with Gasteiger partial charge in [-0.1, -0.05) is 11.6 Å². The van der Waals surface area contributed by atoms with E-state index in [0.717, 1.165) is 15.6 Å². The van der Waals surface area contributed by atoms with Crippen LogP contribution in [0.25, 0.3) is 0 Å². The van der Waals surface area contributed by atoms with Gasteiger partial charge in [-0.25, -0.2) is 14.2 Å². The first kappa shape index (κ1) is 21.6. The van der Waals surface area contributed by atoms with E-state index in [0.29, 0.717) is 0 Å². The van der Waals surface area contributed by atoms with E-state index in [1.165, 1.54) is 23.3 Å². The van der Waals surface area contributed by atoms with Gasteiger partial charge >= 0.3 is 12.1 Å². The molecule has 0 aliphatic rings. The Kier molecular flexibility index (Phi) is 7.92. The standard InChI is InChI=1S/C10H14ClFN2OS.C2HF3O2/c1-5-8(16-7(3)13-5)6(2)14(4)10(15)9(11)12;3-2(4,5)1(6)7/h6,9H,1-4H3;(H,6,7). The molecule has 1 aromatic rings. The molecule has 2 unspecified atom stereocenters. The first-order valence-electron chi connectivity index (χ1n) is 6.07. The van der Waals surface area contributed by atoms with Gasteiger partial charge in [-0.15, -0.1) is 11.3 Å². The number of aliphatic carboxylic acids is 1. The van der Waals surface area contributed by atoms with Gasteiger partial charge in [-0.05, 0) is 20.8 Å². The molecule has 0 spiro atoms. The lowest BCUT2D eigenvalue weighted by molar-refractivity contribution is -0.192. The van der Waals surface area contributed by atoms with Gasteiger partial charge in [0.05, 0.1) is 16.7 Å². The van der Waals surface area contributed by atoms with Gasteiger partial charge in [0, 0.05) is 11.9 Å². The minimum absolute atomic E-state index is 0.212. The molecule has 1 N–H and O–H groups in total. The molecule has 0 bridgehead atoms. The molecule has 0 aromatic carbocycles. The van der Waals surface area contributed by atoms with Crippen molar-refractivity contribution in [3.63, 3.8) is 0 Å². The largest absolute Gasteiger partial charge is 0.490 e. The molecule has 0 saturated carbocycles. The van der Waals surface area contributed by atoms with Gasteiger partial charge in [-0.3, -0.25) is 4.79 Å². The van der Waals surface area contributed by atoms with Crippen LogP contribution < -0.4 is 0 Å². The number of aryl methyl sites for hydroxylation is 2. The summed E-state index contributed by atoms with van der Waals surface area (Å²) in [5.41, 5.74) is -1.11. The lowest BCUT2D eigenvalue weighted by Crippen LogP contribution is -2.33. The highest BCUT2D eigenvalue weighted by Crippen LogP contribution is 2.28. The van der Waals surface area contributed by atoms with Crippen LogP contribution in [0, 0.1) is 13.8 Å². The highest BCUT2D eigenvalue weighted by atomic mass is 35.5. The number of rotatable bonds is 3. The first-order chi connectivity index (χ1) is 10.3. The Labute approximate surface area is 138 Å². The number of carbonyl (C=O) groups excluding carboxylic acids is 1. The number of carboxylic acid groups (broad SMARTS) is 1. The van der Waals surface area contributed by atoms with Gasteiger partial charge in [0.1, 0.15) is 0 Å². The zero-order chi connectivity index (χ0) is 18.5. The number of halogens is 5. The van der Waals surface area contributed by atoms with Gasteiger partial charge in [-0.2, -0.15) is 13.2 Å². The first-order valence-corrected chi connectivity index (χ1v) is 7.33. The van der Waals surface area contributed by atoms with Crippen molar-refractivity contribution in [2.24, 2.45) is 0 Å². The van der Waals surface area contributed by atoms with Crippen molar-refractivity contribution in [1.29, 1.82) is 0 Å². The van der Waals surface area contributed by atoms with E-state index < -0.39 is 23.7 Å². The number of carboxylic acids is 1. The Morgan fingerprint density at radius 3 is 2.04 bits per heavy atom. The Balaban J connectivity index is 0.000000585. The molecule has 2 atom stereocenters. The van der Waals surface area contributed by atoms with Crippen molar-refractivity contribution in [3.8, 4) is 0 Å². The SMILES string of the molecule is Cc1nc(C)c(C(C)N(C)C(=O)C(F)Cl)s1.O=C(O)C(F)(F)F. The zero-order valence-corrected chi connectivity index (χ0v) is 14.2. The maximum atomic E-state index is 12.7. The molecule has 1 heterocycles. The molecule has 1 aromatic heterocycles. The molecule has 1 rings (SSSR count). The number of hydrogen-bond acceptors (Lipinski definition) is 4. The number of amides is 1. The molecular weight excluding hydrogens is 364 g/mol. The van der Waals surface area contributed by atoms with E-state index in [-0.39, 0.29) is 6.04 Å². The van der Waals surface area contributed by atoms with Crippen molar-refractivity contribution in [1.82, 2.24) is 9.88 Å². The zero-order valence-electron chi connectivity index (χ0n) is 12.6. The molecule has 0 aliphatic heterocycles. The molecule has 5 nitrogen and oxygen atoms in total. The third-order valence-electron chi connectivity index (χ3n) is 2.68. The topological polar surface area (TPSA) is 70.5 Å². The maximum absolute atomic E-state index is 12.7. The van der Waals surface area contributed by atoms with Crippen LogP contribution >= 0.6 is 22.9 Å². The fraction of sp³-hybridized carbons (Fsp3) is 0.583. The third-order valence-corrected chi connectivity index (χ3v) is 4.11. The lowest BCUT2D eigenvalue weighted by atomic mass is 10.2. The van der Waals surface area contributed by atoms with E-state index in [1.54, 1.807) is 0 Å². The lowest BCUT2D eigenvalue weighted by Gasteiger charge is -2.24. The number of nitrogens with zero attached hydrogens (tertiary/aromatic N) is 2. The maximum Gasteiger partial charge on any atom is 0.490 e. The fourth-order valence-electron chi connectivity index (χ4n) is 1.46. The van der Waals surface area contributed by atoms with Gasteiger partial charge in [0.15, 0.2) is 0 Å². The summed E-state index contributed by atoms with van der Waals surface area (Å²) in [6.45, 7) is 5.60. The Morgan fingerprint density at radius 1 is 1.35 bits per heavy atom. The monoisotopic (exact) mass is 378 g/mol. The summed E-state index contributed by atoms with van der Waals surface area (Å²) in [4.78, 5) is 26.8. The smallest absolute Gasteiger partial charge is 0.475 e. The predicted molar refractivity (Wildman–Crippen MR) is 77.2 cm³/mol. The molecule has 0 aliphatic carbocycles. The summed E-state index contributed by atoms with van der Waals surface area (Å²) in [5, 5.41) is 8.06. The Morgan fingerprint density at radius 2 is 1.78 bits per heavy atom. The van der Waals surface area contributed by atoms with Crippen LogP contribution in [-0.4, -0.2) is 45.7 Å². The van der Waals surface area contributed by atoms with Crippen LogP contribution in [0.2, 0.25) is 0 Å². The second-order valence-corrected chi connectivity index (χ2v) is 6.03. The second-order valence-electron chi connectivity index (χ2n) is 4.41. The average molecular weight is 379 g/mol. The van der Waals surface area contributed by atoms with Crippen molar-refractivity contribution >= 4 is 34.8 Å². The Bertz CT molecular complexity index is 563. The summed E-state index contributed by atoms with van der Waals surface area (Å²) < 4.78 is 44.4. The summed E-state index contributed by atoms with van der Waals surface area (Å²) in [5.74, 6) is -3.48. The fourth-order valence-corrected chi connectivity index (χ4v) is 2.63. The Hall–Kier alpha value is -1.42. The van der Waals surface area contributed by atoms with Crippen LogP contribution in [-0.2, 0) is 9.59 Å². The second kappa shape index (κ2) is 8.44. The van der Waals surface area contributed by atoms with Crippen LogP contribution in [0.15, 0.2) is 0 Å². The van der Waals surface area contributed by atoms with E-state index >= 15 is 0 Å². The number of carbonyl (C=O) groups is 2. The molecule has 132 valence electrons. The van der Waals surface area contributed by atoms with Crippen molar-refractivity contribution < 1.29 is 32.3 Å². The average Bonchev–Trinajstić information content (AvgIpc) is 2.74. The highest BCUT2D eigenvalue weighted by molar-refractivity contribution is 7.11. The van der Waals surface area contributed by atoms with Gasteiger partial charge in [0.25, 0.3) is 11.5 Å². The summed E-state index contributed by atoms with van der Waals surface area (Å²) in [6, 6.07) is -0.212. The quantitative estimate of drug-likeness (QED) is 0.646. The van der Waals surface area contributed by atoms with Crippen molar-refractivity contribution in [3.05, 3.63) is 15.6 Å². The third kappa shape index (κ3) is 6.69. The van der Waals surface area contributed by atoms with E-state index in [9.17, 15) is 22.4 Å². The number of hydrogen-bond donors (Lipinski definition) is 1. The number of aromatic nitrogens is 1. The molecule has 1 amide bonds. The molecule has 11 heteroatoms. The van der Waals surface area contributed by atoms with E-state index in [4.69, 9.17) is 21.5 Å². The van der Waals surface area contributed by atoms with E-state index in [1.807, 2.05) is 20.8 Å². The minimum Gasteiger partial charge on any atom is -0.475 e. The van der Waals surface area contributed by atoms with E-state index in [2.05, 4.69) is 4.98 Å². The number of alkyl halides is 5. The summed E-state index contributed by atoms with van der Waals surface area (Å²) >= 11 is 6.64.